The van der Waals surface area contributed by atoms with Crippen molar-refractivity contribution >= 4 is 21.8 Å². The first kappa shape index (κ1) is 15.6. The number of carbonyl (C=O) groups is 1. The Labute approximate surface area is 130 Å². The standard InChI is InChI=1S/C16H14BrF2NO/c1-2-20(10-11-5-3-6-12(18)9-11)16(21)13-7-4-8-14(17)15(13)19/h3-9H,2,10H2,1H3. The fourth-order valence-electron chi connectivity index (χ4n) is 2.02. The molecule has 0 saturated carbocycles. The van der Waals surface area contributed by atoms with Crippen LogP contribution in [0.1, 0.15) is 22.8 Å². The van der Waals surface area contributed by atoms with Crippen molar-refractivity contribution in [2.24, 2.45) is 0 Å². The number of hydrogen-bond donors (Lipinski definition) is 0. The largest absolute Gasteiger partial charge is 0.335 e. The predicted molar refractivity (Wildman–Crippen MR) is 80.9 cm³/mol. The fourth-order valence-corrected chi connectivity index (χ4v) is 2.39. The van der Waals surface area contributed by atoms with E-state index in [0.717, 1.165) is 0 Å². The molecule has 0 bridgehead atoms. The molecule has 0 fully saturated rings. The zero-order valence-electron chi connectivity index (χ0n) is 11.4. The molecule has 0 N–H and O–H groups in total. The third kappa shape index (κ3) is 3.67. The highest BCUT2D eigenvalue weighted by molar-refractivity contribution is 9.10. The molecular formula is C16H14BrF2NO. The van der Waals surface area contributed by atoms with Crippen molar-refractivity contribution in [3.05, 3.63) is 69.7 Å². The summed E-state index contributed by atoms with van der Waals surface area (Å²) in [7, 11) is 0. The SMILES string of the molecule is CCN(Cc1cccc(F)c1)C(=O)c1cccc(Br)c1F. The summed E-state index contributed by atoms with van der Waals surface area (Å²) in [5.74, 6) is -1.36. The van der Waals surface area contributed by atoms with E-state index in [1.807, 2.05) is 0 Å². The lowest BCUT2D eigenvalue weighted by Gasteiger charge is -2.21. The van der Waals surface area contributed by atoms with E-state index in [0.29, 0.717) is 12.1 Å². The number of amides is 1. The van der Waals surface area contributed by atoms with Crippen LogP contribution in [0.5, 0.6) is 0 Å². The minimum atomic E-state index is -0.583. The van der Waals surface area contributed by atoms with Crippen LogP contribution in [-0.4, -0.2) is 17.4 Å². The molecule has 2 aromatic rings. The second-order valence-corrected chi connectivity index (χ2v) is 5.40. The number of carbonyl (C=O) groups excluding carboxylic acids is 1. The molecule has 110 valence electrons. The van der Waals surface area contributed by atoms with Gasteiger partial charge in [0.15, 0.2) is 0 Å². The average Bonchev–Trinajstić information content (AvgIpc) is 2.47. The Hall–Kier alpha value is -1.75. The molecule has 0 saturated heterocycles. The molecule has 0 aromatic heterocycles. The Balaban J connectivity index is 2.25. The van der Waals surface area contributed by atoms with Crippen LogP contribution in [0.25, 0.3) is 0 Å². The van der Waals surface area contributed by atoms with Crippen LogP contribution >= 0.6 is 15.9 Å². The van der Waals surface area contributed by atoms with Crippen molar-refractivity contribution in [2.75, 3.05) is 6.54 Å². The van der Waals surface area contributed by atoms with Crippen molar-refractivity contribution in [2.45, 2.75) is 13.5 Å². The van der Waals surface area contributed by atoms with Gasteiger partial charge in [0.1, 0.15) is 11.6 Å². The molecule has 0 radical (unpaired) electrons. The maximum absolute atomic E-state index is 14.0. The van der Waals surface area contributed by atoms with E-state index >= 15 is 0 Å². The Morgan fingerprint density at radius 3 is 2.57 bits per heavy atom. The van der Waals surface area contributed by atoms with Crippen molar-refractivity contribution in [1.29, 1.82) is 0 Å². The van der Waals surface area contributed by atoms with Gasteiger partial charge in [0.05, 0.1) is 10.0 Å². The van der Waals surface area contributed by atoms with E-state index in [4.69, 9.17) is 0 Å². The van der Waals surface area contributed by atoms with E-state index in [9.17, 15) is 13.6 Å². The molecule has 0 aliphatic heterocycles. The van der Waals surface area contributed by atoms with Gasteiger partial charge in [-0.3, -0.25) is 4.79 Å². The van der Waals surface area contributed by atoms with E-state index in [-0.39, 0.29) is 22.4 Å². The number of rotatable bonds is 4. The highest BCUT2D eigenvalue weighted by Crippen LogP contribution is 2.20. The first-order valence-electron chi connectivity index (χ1n) is 6.50. The van der Waals surface area contributed by atoms with Crippen LogP contribution in [0.4, 0.5) is 8.78 Å². The van der Waals surface area contributed by atoms with Crippen LogP contribution in [-0.2, 0) is 6.54 Å². The van der Waals surface area contributed by atoms with Gasteiger partial charge in [-0.2, -0.15) is 0 Å². The first-order chi connectivity index (χ1) is 10.0. The van der Waals surface area contributed by atoms with Crippen molar-refractivity contribution in [3.63, 3.8) is 0 Å². The summed E-state index contributed by atoms with van der Waals surface area (Å²) in [5, 5.41) is 0. The topological polar surface area (TPSA) is 20.3 Å². The van der Waals surface area contributed by atoms with E-state index in [1.165, 1.54) is 29.2 Å². The van der Waals surface area contributed by atoms with Crippen LogP contribution in [0.2, 0.25) is 0 Å². The summed E-state index contributed by atoms with van der Waals surface area (Å²) in [4.78, 5) is 13.9. The predicted octanol–water partition coefficient (Wildman–Crippen LogP) is 4.39. The quantitative estimate of drug-likeness (QED) is 0.798. The van der Waals surface area contributed by atoms with Gasteiger partial charge >= 0.3 is 0 Å². The highest BCUT2D eigenvalue weighted by atomic mass is 79.9. The summed E-state index contributed by atoms with van der Waals surface area (Å²) in [5.41, 5.74) is 0.670. The maximum Gasteiger partial charge on any atom is 0.257 e. The third-order valence-electron chi connectivity index (χ3n) is 3.11. The van der Waals surface area contributed by atoms with Crippen molar-refractivity contribution < 1.29 is 13.6 Å². The monoisotopic (exact) mass is 353 g/mol. The molecule has 2 nitrogen and oxygen atoms in total. The Kier molecular flexibility index (Phi) is 5.07. The van der Waals surface area contributed by atoms with Gasteiger partial charge in [-0.05, 0) is 52.7 Å². The van der Waals surface area contributed by atoms with E-state index in [1.54, 1.807) is 25.1 Å². The second kappa shape index (κ2) is 6.80. The molecule has 0 spiro atoms. The molecule has 0 aliphatic carbocycles. The molecule has 1 amide bonds. The first-order valence-corrected chi connectivity index (χ1v) is 7.30. The smallest absolute Gasteiger partial charge is 0.257 e. The minimum absolute atomic E-state index is 0.00243. The Morgan fingerprint density at radius 1 is 1.19 bits per heavy atom. The molecule has 0 unspecified atom stereocenters. The molecule has 2 rings (SSSR count). The van der Waals surface area contributed by atoms with Gasteiger partial charge in [0.25, 0.3) is 5.91 Å². The van der Waals surface area contributed by atoms with Gasteiger partial charge < -0.3 is 4.90 Å². The molecule has 0 aliphatic rings. The van der Waals surface area contributed by atoms with Crippen LogP contribution in [0, 0.1) is 11.6 Å². The van der Waals surface area contributed by atoms with Gasteiger partial charge in [-0.1, -0.05) is 18.2 Å². The third-order valence-corrected chi connectivity index (χ3v) is 3.73. The van der Waals surface area contributed by atoms with Crippen molar-refractivity contribution in [1.82, 2.24) is 4.90 Å². The lowest BCUT2D eigenvalue weighted by Crippen LogP contribution is -2.31. The summed E-state index contributed by atoms with van der Waals surface area (Å²) >= 11 is 3.07. The molecule has 0 heterocycles. The average molecular weight is 354 g/mol. The van der Waals surface area contributed by atoms with Crippen LogP contribution in [0.3, 0.4) is 0 Å². The summed E-state index contributed by atoms with van der Waals surface area (Å²) in [6.07, 6.45) is 0. The molecule has 21 heavy (non-hydrogen) atoms. The lowest BCUT2D eigenvalue weighted by atomic mass is 10.1. The zero-order valence-corrected chi connectivity index (χ0v) is 13.0. The van der Waals surface area contributed by atoms with Gasteiger partial charge in [0, 0.05) is 13.1 Å². The molecule has 2 aromatic carbocycles. The van der Waals surface area contributed by atoms with Crippen molar-refractivity contribution in [3.8, 4) is 0 Å². The number of hydrogen-bond acceptors (Lipinski definition) is 1. The highest BCUT2D eigenvalue weighted by Gasteiger charge is 2.19. The van der Waals surface area contributed by atoms with Crippen LogP contribution < -0.4 is 0 Å². The fraction of sp³-hybridized carbons (Fsp3) is 0.188. The summed E-state index contributed by atoms with van der Waals surface area (Å²) in [6.45, 7) is 2.44. The van der Waals surface area contributed by atoms with Gasteiger partial charge in [-0.15, -0.1) is 0 Å². The number of benzene rings is 2. The second-order valence-electron chi connectivity index (χ2n) is 4.55. The normalized spacial score (nSPS) is 10.5. The Bertz CT molecular complexity index is 660. The maximum atomic E-state index is 14.0. The number of halogens is 3. The zero-order chi connectivity index (χ0) is 15.4. The van der Waals surface area contributed by atoms with E-state index in [2.05, 4.69) is 15.9 Å². The van der Waals surface area contributed by atoms with E-state index < -0.39 is 11.7 Å². The molecular weight excluding hydrogens is 340 g/mol. The van der Waals surface area contributed by atoms with Gasteiger partial charge in [0.2, 0.25) is 0 Å². The van der Waals surface area contributed by atoms with Gasteiger partial charge in [-0.25, -0.2) is 8.78 Å². The molecule has 5 heteroatoms. The van der Waals surface area contributed by atoms with Crippen LogP contribution in [0.15, 0.2) is 46.9 Å². The Morgan fingerprint density at radius 2 is 1.90 bits per heavy atom. The molecule has 0 atom stereocenters. The minimum Gasteiger partial charge on any atom is -0.335 e. The number of nitrogens with zero attached hydrogens (tertiary/aromatic N) is 1. The summed E-state index contributed by atoms with van der Waals surface area (Å²) < 4.78 is 27.4. The summed E-state index contributed by atoms with van der Waals surface area (Å²) in [6, 6.07) is 10.6. The lowest BCUT2D eigenvalue weighted by molar-refractivity contribution is 0.0747.